The Balaban J connectivity index is 1.72. The maximum Gasteiger partial charge on any atom is 0.314 e. The topological polar surface area (TPSA) is 90.0 Å². The largest absolute Gasteiger partial charge is 0.490 e. The highest BCUT2D eigenvalue weighted by molar-refractivity contribution is 5.99. The molecule has 190 valence electrons. The average Bonchev–Trinajstić information content (AvgIpc) is 3.40. The van der Waals surface area contributed by atoms with Crippen molar-refractivity contribution in [3.63, 3.8) is 0 Å². The molecule has 1 aliphatic heterocycles. The van der Waals surface area contributed by atoms with Gasteiger partial charge in [0.1, 0.15) is 23.6 Å². The van der Waals surface area contributed by atoms with Crippen molar-refractivity contribution in [2.45, 2.75) is 64.5 Å². The fourth-order valence-corrected chi connectivity index (χ4v) is 5.12. The van der Waals surface area contributed by atoms with Gasteiger partial charge < -0.3 is 24.4 Å². The number of pyridine rings is 1. The predicted molar refractivity (Wildman–Crippen MR) is 134 cm³/mol. The summed E-state index contributed by atoms with van der Waals surface area (Å²) in [5, 5.41) is 4.10. The molecule has 2 heterocycles. The van der Waals surface area contributed by atoms with Crippen molar-refractivity contribution in [1.29, 1.82) is 0 Å². The summed E-state index contributed by atoms with van der Waals surface area (Å²) in [6, 6.07) is 7.24. The number of ether oxygens (including phenoxy) is 3. The van der Waals surface area contributed by atoms with Gasteiger partial charge in [-0.2, -0.15) is 0 Å². The van der Waals surface area contributed by atoms with Crippen LogP contribution in [0.15, 0.2) is 24.3 Å². The number of rotatable bonds is 9. The van der Waals surface area contributed by atoms with Crippen molar-refractivity contribution < 1.29 is 23.8 Å². The maximum atomic E-state index is 13.8. The van der Waals surface area contributed by atoms with E-state index >= 15 is 0 Å². The lowest BCUT2D eigenvalue weighted by Gasteiger charge is -2.37. The third-order valence-electron chi connectivity index (χ3n) is 6.88. The highest BCUT2D eigenvalue weighted by atomic mass is 16.5. The minimum Gasteiger partial charge on any atom is -0.490 e. The van der Waals surface area contributed by atoms with Crippen LogP contribution in [0.25, 0.3) is 10.9 Å². The van der Waals surface area contributed by atoms with Gasteiger partial charge in [-0.05, 0) is 58.2 Å². The summed E-state index contributed by atoms with van der Waals surface area (Å²) in [5.41, 5.74) is 0.746. The van der Waals surface area contributed by atoms with E-state index < -0.39 is 0 Å². The number of hydrogen-bond acceptors (Lipinski definition) is 7. The van der Waals surface area contributed by atoms with Gasteiger partial charge in [0.2, 0.25) is 0 Å². The smallest absolute Gasteiger partial charge is 0.314 e. The van der Waals surface area contributed by atoms with Crippen molar-refractivity contribution >= 4 is 22.8 Å². The number of methoxy groups -OCH3 is 1. The monoisotopic (exact) mass is 483 g/mol. The second kappa shape index (κ2) is 11.8. The highest BCUT2D eigenvalue weighted by Crippen LogP contribution is 2.34. The number of nitrogens with one attached hydrogen (secondary N) is 1. The molecule has 8 heteroatoms. The van der Waals surface area contributed by atoms with E-state index in [0.717, 1.165) is 51.6 Å². The van der Waals surface area contributed by atoms with E-state index in [1.54, 1.807) is 19.2 Å². The van der Waals surface area contributed by atoms with E-state index in [0.29, 0.717) is 35.6 Å². The zero-order chi connectivity index (χ0) is 24.8. The van der Waals surface area contributed by atoms with Crippen LogP contribution >= 0.6 is 0 Å². The van der Waals surface area contributed by atoms with Crippen molar-refractivity contribution in [2.75, 3.05) is 33.4 Å². The summed E-state index contributed by atoms with van der Waals surface area (Å²) in [5.74, 6) is 0.431. The Morgan fingerprint density at radius 2 is 1.91 bits per heavy atom. The van der Waals surface area contributed by atoms with Crippen molar-refractivity contribution in [1.82, 2.24) is 15.2 Å². The van der Waals surface area contributed by atoms with E-state index in [2.05, 4.69) is 5.32 Å². The second-order valence-electron chi connectivity index (χ2n) is 9.71. The molecule has 35 heavy (non-hydrogen) atoms. The first kappa shape index (κ1) is 25.4. The lowest BCUT2D eigenvalue weighted by atomic mass is 10.0. The highest BCUT2D eigenvalue weighted by Gasteiger charge is 2.31. The number of carbonyl (C=O) groups excluding carboxylic acids is 2. The van der Waals surface area contributed by atoms with Gasteiger partial charge in [-0.3, -0.25) is 9.59 Å². The van der Waals surface area contributed by atoms with Gasteiger partial charge in [0.15, 0.2) is 5.75 Å². The summed E-state index contributed by atoms with van der Waals surface area (Å²) in [6.07, 6.45) is 5.77. The van der Waals surface area contributed by atoms with Gasteiger partial charge in [-0.15, -0.1) is 0 Å². The molecule has 1 aliphatic carbocycles. The minimum absolute atomic E-state index is 0.0122. The van der Waals surface area contributed by atoms with Gasteiger partial charge >= 0.3 is 5.97 Å². The Labute approximate surface area is 207 Å². The molecule has 8 nitrogen and oxygen atoms in total. The number of para-hydroxylation sites is 1. The van der Waals surface area contributed by atoms with E-state index in [-0.39, 0.29) is 35.6 Å². The van der Waals surface area contributed by atoms with E-state index in [4.69, 9.17) is 19.2 Å². The van der Waals surface area contributed by atoms with E-state index in [9.17, 15) is 9.59 Å². The molecule has 0 spiro atoms. The van der Waals surface area contributed by atoms with Gasteiger partial charge in [0.05, 0.1) is 12.5 Å². The fourth-order valence-electron chi connectivity index (χ4n) is 5.12. The zero-order valence-corrected chi connectivity index (χ0v) is 21.0. The first-order valence-corrected chi connectivity index (χ1v) is 12.8. The first-order chi connectivity index (χ1) is 17.0. The molecule has 0 unspecified atom stereocenters. The standard InChI is InChI=1S/C27H37N3O5/c1-18(2)30(20-10-7-13-28-17-20)26(31)22-16-24(34-15-14-33-3)21-11-6-12-23(25(21)29-22)35-27(32)19-8-4-5-9-19/h6,11-12,16,18-20,28H,4-5,7-10,13-15,17H2,1-3H3/t20-/m1/s1. The van der Waals surface area contributed by atoms with E-state index in [1.807, 2.05) is 30.9 Å². The molecule has 1 N–H and O–H groups in total. The van der Waals surface area contributed by atoms with Crippen LogP contribution in [0.5, 0.6) is 11.5 Å². The molecule has 1 aromatic heterocycles. The predicted octanol–water partition coefficient (Wildman–Crippen LogP) is 3.96. The lowest BCUT2D eigenvalue weighted by molar-refractivity contribution is -0.138. The summed E-state index contributed by atoms with van der Waals surface area (Å²) in [4.78, 5) is 33.2. The van der Waals surface area contributed by atoms with Crippen molar-refractivity contribution in [3.05, 3.63) is 30.0 Å². The van der Waals surface area contributed by atoms with Crippen LogP contribution in [0.3, 0.4) is 0 Å². The molecule has 0 radical (unpaired) electrons. The first-order valence-electron chi connectivity index (χ1n) is 12.8. The third-order valence-corrected chi connectivity index (χ3v) is 6.88. The molecule has 1 saturated heterocycles. The molecule has 0 bridgehead atoms. The molecule has 2 aliphatic rings. The van der Waals surface area contributed by atoms with Gasteiger partial charge in [0, 0.05) is 37.2 Å². The molecule has 2 aromatic rings. The number of piperidine rings is 1. The average molecular weight is 484 g/mol. The molecular formula is C27H37N3O5. The minimum atomic E-state index is -0.229. The zero-order valence-electron chi connectivity index (χ0n) is 21.0. The Hall–Kier alpha value is -2.71. The Morgan fingerprint density at radius 1 is 1.11 bits per heavy atom. The van der Waals surface area contributed by atoms with Crippen LogP contribution in [0.1, 0.15) is 62.9 Å². The van der Waals surface area contributed by atoms with Gasteiger partial charge in [-0.25, -0.2) is 4.98 Å². The molecule has 2 fully saturated rings. The molecule has 1 atom stereocenters. The number of hydrogen-bond donors (Lipinski definition) is 1. The SMILES string of the molecule is COCCOc1cc(C(=O)N(C(C)C)[C@@H]2CCCNC2)nc2c(OC(=O)C3CCCC3)cccc12. The van der Waals surface area contributed by atoms with Crippen LogP contribution in [0, 0.1) is 5.92 Å². The summed E-state index contributed by atoms with van der Waals surface area (Å²) in [7, 11) is 1.61. The normalized spacial score (nSPS) is 18.7. The number of benzene rings is 1. The molecular weight excluding hydrogens is 446 g/mol. The molecule has 1 saturated carbocycles. The number of carbonyl (C=O) groups is 2. The number of aromatic nitrogens is 1. The number of nitrogens with zero attached hydrogens (tertiary/aromatic N) is 2. The van der Waals surface area contributed by atoms with Crippen LogP contribution in [0.2, 0.25) is 0 Å². The third kappa shape index (κ3) is 5.93. The van der Waals surface area contributed by atoms with E-state index in [1.165, 1.54) is 0 Å². The molecule has 1 aromatic carbocycles. The van der Waals surface area contributed by atoms with Crippen molar-refractivity contribution in [2.24, 2.45) is 5.92 Å². The number of esters is 1. The fraction of sp³-hybridized carbons (Fsp3) is 0.593. The van der Waals surface area contributed by atoms with Crippen LogP contribution < -0.4 is 14.8 Å². The Kier molecular flexibility index (Phi) is 8.57. The van der Waals surface area contributed by atoms with Crippen LogP contribution in [-0.2, 0) is 9.53 Å². The Morgan fingerprint density at radius 3 is 2.60 bits per heavy atom. The summed E-state index contributed by atoms with van der Waals surface area (Å²) >= 11 is 0. The summed E-state index contributed by atoms with van der Waals surface area (Å²) < 4.78 is 17.0. The van der Waals surface area contributed by atoms with Crippen LogP contribution in [-0.4, -0.2) is 67.3 Å². The quantitative estimate of drug-likeness (QED) is 0.328. The molecule has 1 amide bonds. The number of amides is 1. The van der Waals surface area contributed by atoms with Gasteiger partial charge in [-0.1, -0.05) is 18.9 Å². The molecule has 4 rings (SSSR count). The van der Waals surface area contributed by atoms with Crippen LogP contribution in [0.4, 0.5) is 0 Å². The van der Waals surface area contributed by atoms with Gasteiger partial charge in [0.25, 0.3) is 5.91 Å². The Bertz CT molecular complexity index is 1030. The summed E-state index contributed by atoms with van der Waals surface area (Å²) in [6.45, 7) is 6.53. The second-order valence-corrected chi connectivity index (χ2v) is 9.71. The van der Waals surface area contributed by atoms with Crippen molar-refractivity contribution in [3.8, 4) is 11.5 Å². The number of fused-ring (bicyclic) bond motifs is 1. The maximum absolute atomic E-state index is 13.8. The lowest BCUT2D eigenvalue weighted by Crippen LogP contribution is -2.51.